The summed E-state index contributed by atoms with van der Waals surface area (Å²) in [5.41, 5.74) is 12.7. The van der Waals surface area contributed by atoms with Gasteiger partial charge in [0.05, 0.1) is 12.2 Å². The van der Waals surface area contributed by atoms with E-state index in [-0.39, 0.29) is 18.2 Å². The van der Waals surface area contributed by atoms with Crippen LogP contribution in [-0.2, 0) is 27.5 Å². The van der Waals surface area contributed by atoms with Crippen molar-refractivity contribution in [1.29, 1.82) is 0 Å². The highest BCUT2D eigenvalue weighted by Crippen LogP contribution is 2.43. The lowest BCUT2D eigenvalue weighted by molar-refractivity contribution is -0.129. The van der Waals surface area contributed by atoms with Crippen LogP contribution in [-0.4, -0.2) is 31.8 Å². The summed E-state index contributed by atoms with van der Waals surface area (Å²) < 4.78 is 17.2. The van der Waals surface area contributed by atoms with E-state index in [1.165, 1.54) is 5.69 Å². The second kappa shape index (κ2) is 10.1. The zero-order valence-corrected chi connectivity index (χ0v) is 20.1. The van der Waals surface area contributed by atoms with E-state index >= 15 is 0 Å². The summed E-state index contributed by atoms with van der Waals surface area (Å²) in [5, 5.41) is 0. The largest absolute Gasteiger partial charge is 0.488 e. The average Bonchev–Trinajstić information content (AvgIpc) is 3.64. The van der Waals surface area contributed by atoms with E-state index < -0.39 is 0 Å². The molecule has 0 unspecified atom stereocenters. The van der Waals surface area contributed by atoms with Gasteiger partial charge in [-0.25, -0.2) is 0 Å². The van der Waals surface area contributed by atoms with Crippen LogP contribution in [0.25, 0.3) is 11.1 Å². The molecule has 2 fully saturated rings. The number of benzene rings is 3. The van der Waals surface area contributed by atoms with E-state index in [0.29, 0.717) is 18.8 Å². The first-order valence-corrected chi connectivity index (χ1v) is 12.2. The Morgan fingerprint density at radius 2 is 1.91 bits per heavy atom. The third kappa shape index (κ3) is 5.50. The molecule has 1 heterocycles. The number of carbonyl (C=O) groups excluding carboxylic acids is 1. The minimum absolute atomic E-state index is 0.0278. The van der Waals surface area contributed by atoms with Gasteiger partial charge in [0.25, 0.3) is 6.47 Å². The molecule has 0 radical (unpaired) electrons. The molecule has 6 heteroatoms. The topological polar surface area (TPSA) is 74.0 Å². The van der Waals surface area contributed by atoms with Crippen molar-refractivity contribution in [3.8, 4) is 16.9 Å². The number of anilines is 1. The van der Waals surface area contributed by atoms with Crippen LogP contribution in [0.15, 0.2) is 66.7 Å². The Kier molecular flexibility index (Phi) is 6.75. The molecule has 1 atom stereocenters. The van der Waals surface area contributed by atoms with Gasteiger partial charge in [0, 0.05) is 30.4 Å². The molecule has 3 aromatic carbocycles. The van der Waals surface area contributed by atoms with Gasteiger partial charge in [-0.1, -0.05) is 36.4 Å². The Morgan fingerprint density at radius 1 is 1.06 bits per heavy atom. The fourth-order valence-electron chi connectivity index (χ4n) is 4.66. The van der Waals surface area contributed by atoms with Crippen LogP contribution in [0.5, 0.6) is 5.75 Å². The van der Waals surface area contributed by atoms with Crippen molar-refractivity contribution in [1.82, 2.24) is 0 Å². The lowest BCUT2D eigenvalue weighted by Gasteiger charge is -2.35. The van der Waals surface area contributed by atoms with Gasteiger partial charge in [0.15, 0.2) is 0 Å². The van der Waals surface area contributed by atoms with Crippen LogP contribution < -0.4 is 15.4 Å². The maximum absolute atomic E-state index is 10.7. The van der Waals surface area contributed by atoms with Gasteiger partial charge >= 0.3 is 0 Å². The molecule has 0 aromatic heterocycles. The van der Waals surface area contributed by atoms with E-state index in [1.54, 1.807) is 0 Å². The molecular weight excluding hydrogens is 440 g/mol. The van der Waals surface area contributed by atoms with Gasteiger partial charge in [-0.05, 0) is 72.4 Å². The highest BCUT2D eigenvalue weighted by molar-refractivity contribution is 5.71. The lowest BCUT2D eigenvalue weighted by Crippen LogP contribution is -2.44. The van der Waals surface area contributed by atoms with Gasteiger partial charge in [-0.2, -0.15) is 0 Å². The first-order chi connectivity index (χ1) is 17.0. The van der Waals surface area contributed by atoms with Crippen molar-refractivity contribution in [2.75, 3.05) is 24.6 Å². The molecule has 1 spiro atoms. The number of hydrogen-bond donors (Lipinski definition) is 1. The molecule has 0 bridgehead atoms. The molecule has 6 nitrogen and oxygen atoms in total. The highest BCUT2D eigenvalue weighted by atomic mass is 16.5. The Hall–Kier alpha value is -3.35. The summed E-state index contributed by atoms with van der Waals surface area (Å²) in [6.07, 6.45) is 2.27. The molecule has 3 aromatic rings. The standard InChI is InChI=1S/C29H32N2O4/c1-21(30)23-6-4-7-24(15-23)26-13-22(17-34-28-8-3-2-5-25(28)18-33-20-32)14-27(16-26)31-11-12-35-29(19-31)9-10-29/h2-8,13-16,20-21H,9-12,17-19,30H2,1H3/t21-/m0/s1. The fourth-order valence-corrected chi connectivity index (χ4v) is 4.66. The Bertz CT molecular complexity index is 1190. The number of hydrogen-bond acceptors (Lipinski definition) is 6. The van der Waals surface area contributed by atoms with E-state index in [2.05, 4.69) is 47.4 Å². The first kappa shape index (κ1) is 23.4. The maximum atomic E-state index is 10.7. The zero-order valence-electron chi connectivity index (χ0n) is 20.1. The van der Waals surface area contributed by atoms with Crippen molar-refractivity contribution >= 4 is 12.2 Å². The van der Waals surface area contributed by atoms with Crippen LogP contribution in [0.1, 0.15) is 42.5 Å². The molecule has 1 saturated carbocycles. The first-order valence-electron chi connectivity index (χ1n) is 12.2. The molecule has 5 rings (SSSR count). The van der Waals surface area contributed by atoms with E-state index in [0.717, 1.165) is 60.4 Å². The normalized spacial score (nSPS) is 17.1. The summed E-state index contributed by atoms with van der Waals surface area (Å²) in [5.74, 6) is 0.712. The van der Waals surface area contributed by atoms with E-state index in [9.17, 15) is 4.79 Å². The monoisotopic (exact) mass is 472 g/mol. The van der Waals surface area contributed by atoms with Crippen molar-refractivity contribution < 1.29 is 19.0 Å². The second-order valence-corrected chi connectivity index (χ2v) is 9.56. The molecule has 2 N–H and O–H groups in total. The predicted octanol–water partition coefficient (Wildman–Crippen LogP) is 4.99. The van der Waals surface area contributed by atoms with Crippen molar-refractivity contribution in [3.05, 3.63) is 83.4 Å². The zero-order chi connectivity index (χ0) is 24.3. The van der Waals surface area contributed by atoms with Crippen molar-refractivity contribution in [2.24, 2.45) is 5.73 Å². The summed E-state index contributed by atoms with van der Waals surface area (Å²) in [6.45, 7) is 5.59. The average molecular weight is 473 g/mol. The van der Waals surface area contributed by atoms with Gasteiger partial charge in [0.2, 0.25) is 0 Å². The maximum Gasteiger partial charge on any atom is 0.293 e. The van der Waals surface area contributed by atoms with E-state index in [4.69, 9.17) is 19.9 Å². The molecular formula is C29H32N2O4. The van der Waals surface area contributed by atoms with Crippen LogP contribution >= 0.6 is 0 Å². The number of morpholine rings is 1. The summed E-state index contributed by atoms with van der Waals surface area (Å²) in [4.78, 5) is 13.1. The number of nitrogens with zero attached hydrogens (tertiary/aromatic N) is 1. The van der Waals surface area contributed by atoms with Gasteiger partial charge in [-0.15, -0.1) is 0 Å². The predicted molar refractivity (Wildman–Crippen MR) is 136 cm³/mol. The molecule has 0 amide bonds. The van der Waals surface area contributed by atoms with Crippen molar-refractivity contribution in [3.63, 3.8) is 0 Å². The van der Waals surface area contributed by atoms with E-state index in [1.807, 2.05) is 31.2 Å². The SMILES string of the molecule is C[C@H](N)c1cccc(-c2cc(COc3ccccc3COC=O)cc(N3CCOC4(CC4)C3)c2)c1. The Labute approximate surface area is 206 Å². The van der Waals surface area contributed by atoms with Crippen LogP contribution in [0.3, 0.4) is 0 Å². The molecule has 1 saturated heterocycles. The van der Waals surface area contributed by atoms with Gasteiger partial charge in [-0.3, -0.25) is 4.79 Å². The number of nitrogens with two attached hydrogens (primary N) is 1. The lowest BCUT2D eigenvalue weighted by atomic mass is 9.98. The minimum atomic E-state index is -0.0278. The quantitative estimate of drug-likeness (QED) is 0.442. The molecule has 35 heavy (non-hydrogen) atoms. The molecule has 1 aliphatic heterocycles. The number of rotatable bonds is 9. The van der Waals surface area contributed by atoms with Crippen LogP contribution in [0, 0.1) is 0 Å². The molecule has 2 aliphatic rings. The molecule has 182 valence electrons. The van der Waals surface area contributed by atoms with Gasteiger partial charge < -0.3 is 24.8 Å². The molecule has 1 aliphatic carbocycles. The van der Waals surface area contributed by atoms with Crippen LogP contribution in [0.2, 0.25) is 0 Å². The summed E-state index contributed by atoms with van der Waals surface area (Å²) in [6, 6.07) is 22.7. The summed E-state index contributed by atoms with van der Waals surface area (Å²) in [7, 11) is 0. The number of carbonyl (C=O) groups is 1. The Morgan fingerprint density at radius 3 is 2.71 bits per heavy atom. The smallest absolute Gasteiger partial charge is 0.293 e. The third-order valence-electron chi connectivity index (χ3n) is 6.82. The Balaban J connectivity index is 1.45. The fraction of sp³-hybridized carbons (Fsp3) is 0.345. The minimum Gasteiger partial charge on any atom is -0.488 e. The van der Waals surface area contributed by atoms with Crippen LogP contribution in [0.4, 0.5) is 5.69 Å². The third-order valence-corrected chi connectivity index (χ3v) is 6.82. The second-order valence-electron chi connectivity index (χ2n) is 9.56. The number of para-hydroxylation sites is 1. The number of ether oxygens (including phenoxy) is 3. The summed E-state index contributed by atoms with van der Waals surface area (Å²) >= 11 is 0. The van der Waals surface area contributed by atoms with Gasteiger partial charge in [0.1, 0.15) is 19.0 Å². The highest BCUT2D eigenvalue weighted by Gasteiger charge is 2.47. The van der Waals surface area contributed by atoms with Crippen molar-refractivity contribution in [2.45, 2.75) is 44.6 Å².